The van der Waals surface area contributed by atoms with Crippen molar-refractivity contribution in [3.05, 3.63) is 77.9 Å². The van der Waals surface area contributed by atoms with Crippen molar-refractivity contribution in [3.8, 4) is 16.9 Å². The number of aromatic hydroxyl groups is 1. The van der Waals surface area contributed by atoms with Gasteiger partial charge in [0.25, 0.3) is 0 Å². The van der Waals surface area contributed by atoms with Gasteiger partial charge in [0.2, 0.25) is 0 Å². The maximum absolute atomic E-state index is 12.1. The number of nitrogens with zero attached hydrogens (tertiary/aromatic N) is 2. The van der Waals surface area contributed by atoms with Crippen LogP contribution in [-0.2, 0) is 24.2 Å². The first kappa shape index (κ1) is 18.7. The average molecular weight is 362 g/mol. The molecule has 1 aromatic heterocycles. The third-order valence-corrected chi connectivity index (χ3v) is 4.39. The van der Waals surface area contributed by atoms with Gasteiger partial charge < -0.3 is 10.2 Å². The molecular weight excluding hydrogens is 340 g/mol. The normalized spacial score (nSPS) is 10.7. The van der Waals surface area contributed by atoms with E-state index >= 15 is 0 Å². The molecule has 138 valence electrons. The van der Waals surface area contributed by atoms with Crippen LogP contribution in [0.3, 0.4) is 0 Å². The van der Waals surface area contributed by atoms with E-state index in [1.807, 2.05) is 12.1 Å². The zero-order valence-electron chi connectivity index (χ0n) is 15.0. The number of aromatic nitrogens is 2. The Hall–Kier alpha value is -3.05. The number of ketones is 1. The quantitative estimate of drug-likeness (QED) is 0.641. The number of carbonyl (C=O) groups is 1. The maximum Gasteiger partial charge on any atom is 0.153 e. The van der Waals surface area contributed by atoms with Crippen molar-refractivity contribution < 1.29 is 15.0 Å². The lowest BCUT2D eigenvalue weighted by atomic mass is 10.0. The van der Waals surface area contributed by atoms with Crippen molar-refractivity contribution in [2.24, 2.45) is 0 Å². The minimum Gasteiger partial charge on any atom is -0.508 e. The first-order chi connectivity index (χ1) is 13.1. The molecule has 0 spiro atoms. The van der Waals surface area contributed by atoms with Gasteiger partial charge >= 0.3 is 0 Å². The number of carbonyl (C=O) groups excluding carboxylic acids is 1. The van der Waals surface area contributed by atoms with E-state index in [0.29, 0.717) is 18.7 Å². The van der Waals surface area contributed by atoms with Crippen LogP contribution in [0.5, 0.6) is 5.75 Å². The summed E-state index contributed by atoms with van der Waals surface area (Å²) in [5.41, 5.74) is 4.04. The van der Waals surface area contributed by atoms with Crippen molar-refractivity contribution in [1.82, 2.24) is 9.97 Å². The Balaban J connectivity index is 1.48. The molecule has 0 radical (unpaired) electrons. The van der Waals surface area contributed by atoms with Crippen LogP contribution in [0.25, 0.3) is 11.1 Å². The van der Waals surface area contributed by atoms with Crippen LogP contribution in [0.4, 0.5) is 0 Å². The zero-order chi connectivity index (χ0) is 19.1. The van der Waals surface area contributed by atoms with Crippen LogP contribution in [0.2, 0.25) is 0 Å². The Kier molecular flexibility index (Phi) is 6.28. The number of aliphatic hydroxyl groups excluding tert-OH is 1. The number of phenolic OH excluding ortho intramolecular Hbond substituents is 1. The lowest BCUT2D eigenvalue weighted by Gasteiger charge is -2.05. The first-order valence-corrected chi connectivity index (χ1v) is 8.95. The van der Waals surface area contributed by atoms with E-state index in [2.05, 4.69) is 22.1 Å². The smallest absolute Gasteiger partial charge is 0.153 e. The number of aliphatic hydroxyl groups is 1. The topological polar surface area (TPSA) is 83.3 Å². The number of aryl methyl sites for hydroxylation is 1. The molecule has 0 saturated carbocycles. The van der Waals surface area contributed by atoms with Crippen LogP contribution >= 0.6 is 0 Å². The van der Waals surface area contributed by atoms with Crippen molar-refractivity contribution in [3.63, 3.8) is 0 Å². The molecule has 3 aromatic rings. The fourth-order valence-corrected chi connectivity index (χ4v) is 2.87. The number of hydrogen-bond donors (Lipinski definition) is 2. The minimum absolute atomic E-state index is 0.162. The molecule has 0 aliphatic rings. The lowest BCUT2D eigenvalue weighted by Crippen LogP contribution is -2.03. The molecule has 5 nitrogen and oxygen atoms in total. The summed E-state index contributed by atoms with van der Waals surface area (Å²) in [6.07, 6.45) is 6.01. The van der Waals surface area contributed by atoms with Gasteiger partial charge in [-0.3, -0.25) is 4.79 Å². The van der Waals surface area contributed by atoms with Crippen LogP contribution in [0.15, 0.2) is 60.9 Å². The van der Waals surface area contributed by atoms with Gasteiger partial charge in [-0.1, -0.05) is 36.4 Å². The van der Waals surface area contributed by atoms with E-state index in [0.717, 1.165) is 29.5 Å². The second kappa shape index (κ2) is 9.05. The third kappa shape index (κ3) is 5.46. The molecule has 27 heavy (non-hydrogen) atoms. The Labute approximate surface area is 158 Å². The number of phenols is 1. The largest absolute Gasteiger partial charge is 0.508 e. The Morgan fingerprint density at radius 3 is 2.11 bits per heavy atom. The molecule has 0 aliphatic carbocycles. The monoisotopic (exact) mass is 362 g/mol. The summed E-state index contributed by atoms with van der Waals surface area (Å²) >= 11 is 0. The number of rotatable bonds is 8. The fourth-order valence-electron chi connectivity index (χ4n) is 2.87. The van der Waals surface area contributed by atoms with E-state index in [-0.39, 0.29) is 18.1 Å². The number of benzene rings is 2. The molecule has 3 rings (SSSR count). The molecule has 2 N–H and O–H groups in total. The Bertz CT molecular complexity index is 873. The van der Waals surface area contributed by atoms with Crippen molar-refractivity contribution in [1.29, 1.82) is 0 Å². The van der Waals surface area contributed by atoms with Gasteiger partial charge in [0.15, 0.2) is 5.82 Å². The molecular formula is C22H22N2O3. The van der Waals surface area contributed by atoms with Crippen LogP contribution in [0.1, 0.15) is 29.8 Å². The molecule has 2 aromatic carbocycles. The van der Waals surface area contributed by atoms with E-state index in [9.17, 15) is 9.90 Å². The molecule has 0 aliphatic heterocycles. The highest BCUT2D eigenvalue weighted by Crippen LogP contribution is 2.19. The highest BCUT2D eigenvalue weighted by molar-refractivity contribution is 5.80. The maximum atomic E-state index is 12.1. The molecule has 0 amide bonds. The van der Waals surface area contributed by atoms with Gasteiger partial charge in [0, 0.05) is 30.8 Å². The van der Waals surface area contributed by atoms with Gasteiger partial charge in [-0.2, -0.15) is 0 Å². The molecule has 1 heterocycles. The highest BCUT2D eigenvalue weighted by atomic mass is 16.3. The van der Waals surface area contributed by atoms with Gasteiger partial charge in [0.1, 0.15) is 18.1 Å². The van der Waals surface area contributed by atoms with Gasteiger partial charge in [0.05, 0.1) is 0 Å². The number of Topliss-reactive ketones (excluding diaryl/α,β-unsaturated/α-hetero) is 1. The molecule has 0 fully saturated rings. The summed E-state index contributed by atoms with van der Waals surface area (Å²) in [6, 6.07) is 14.9. The van der Waals surface area contributed by atoms with Crippen molar-refractivity contribution in [2.45, 2.75) is 32.3 Å². The van der Waals surface area contributed by atoms with Gasteiger partial charge in [-0.15, -0.1) is 0 Å². The number of hydrogen-bond acceptors (Lipinski definition) is 5. The summed E-state index contributed by atoms with van der Waals surface area (Å²) in [6.45, 7) is -0.162. The second-order valence-corrected chi connectivity index (χ2v) is 6.48. The third-order valence-electron chi connectivity index (χ3n) is 4.39. The van der Waals surface area contributed by atoms with E-state index in [1.165, 1.54) is 5.56 Å². The summed E-state index contributed by atoms with van der Waals surface area (Å²) < 4.78 is 0. The molecule has 0 atom stereocenters. The lowest BCUT2D eigenvalue weighted by molar-refractivity contribution is -0.118. The predicted octanol–water partition coefficient (Wildman–Crippen LogP) is 3.48. The average Bonchev–Trinajstić information content (AvgIpc) is 2.70. The van der Waals surface area contributed by atoms with Gasteiger partial charge in [-0.05, 0) is 41.7 Å². The molecule has 0 unspecified atom stereocenters. The summed E-state index contributed by atoms with van der Waals surface area (Å²) in [5, 5.41) is 18.3. The zero-order valence-corrected chi connectivity index (χ0v) is 15.0. The minimum atomic E-state index is -0.162. The molecule has 5 heteroatoms. The Morgan fingerprint density at radius 2 is 1.48 bits per heavy atom. The predicted molar refractivity (Wildman–Crippen MR) is 103 cm³/mol. The van der Waals surface area contributed by atoms with Crippen LogP contribution in [-0.4, -0.2) is 26.0 Å². The van der Waals surface area contributed by atoms with Crippen molar-refractivity contribution in [2.75, 3.05) is 0 Å². The molecule has 0 saturated heterocycles. The SMILES string of the molecule is O=C(CCCc1ccc(-c2cnc(CO)nc2)cc1)Cc1ccc(O)cc1. The fraction of sp³-hybridized carbons (Fsp3) is 0.227. The van der Waals surface area contributed by atoms with Crippen molar-refractivity contribution >= 4 is 5.78 Å². The molecule has 0 bridgehead atoms. The van der Waals surface area contributed by atoms with E-state index < -0.39 is 0 Å². The highest BCUT2D eigenvalue weighted by Gasteiger charge is 2.05. The Morgan fingerprint density at radius 1 is 0.852 bits per heavy atom. The van der Waals surface area contributed by atoms with E-state index in [1.54, 1.807) is 36.7 Å². The van der Waals surface area contributed by atoms with Crippen LogP contribution in [0, 0.1) is 0 Å². The van der Waals surface area contributed by atoms with Gasteiger partial charge in [-0.25, -0.2) is 9.97 Å². The summed E-state index contributed by atoms with van der Waals surface area (Å²) in [5.74, 6) is 0.830. The van der Waals surface area contributed by atoms with Crippen LogP contribution < -0.4 is 0 Å². The summed E-state index contributed by atoms with van der Waals surface area (Å²) in [4.78, 5) is 20.3. The standard InChI is InChI=1S/C22H22N2O3/c25-15-22-23-13-19(14-24-22)18-8-4-16(5-9-18)2-1-3-21(27)12-17-6-10-20(26)11-7-17/h4-11,13-14,25-26H,1-3,12,15H2. The summed E-state index contributed by atoms with van der Waals surface area (Å²) in [7, 11) is 0. The first-order valence-electron chi connectivity index (χ1n) is 8.95. The second-order valence-electron chi connectivity index (χ2n) is 6.48. The van der Waals surface area contributed by atoms with E-state index in [4.69, 9.17) is 5.11 Å².